The highest BCUT2D eigenvalue weighted by Gasteiger charge is 2.10. The summed E-state index contributed by atoms with van der Waals surface area (Å²) in [5, 5.41) is 2.13. The van der Waals surface area contributed by atoms with E-state index in [9.17, 15) is 0 Å². The van der Waals surface area contributed by atoms with Crippen LogP contribution in [0.3, 0.4) is 0 Å². The predicted molar refractivity (Wildman–Crippen MR) is 62.5 cm³/mol. The first-order valence-electron chi connectivity index (χ1n) is 4.77. The van der Waals surface area contributed by atoms with Crippen LogP contribution in [0.2, 0.25) is 0 Å². The number of fused-ring (bicyclic) bond motifs is 1. The van der Waals surface area contributed by atoms with E-state index in [1.165, 1.54) is 21.6 Å². The maximum absolute atomic E-state index is 2.24. The molecule has 1 aliphatic rings. The summed E-state index contributed by atoms with van der Waals surface area (Å²) < 4.78 is 0. The van der Waals surface area contributed by atoms with Crippen LogP contribution in [0.4, 0.5) is 0 Å². The highest BCUT2D eigenvalue weighted by Crippen LogP contribution is 2.33. The van der Waals surface area contributed by atoms with Crippen molar-refractivity contribution >= 4 is 17.4 Å². The average molecular weight is 198 g/mol. The van der Waals surface area contributed by atoms with Crippen molar-refractivity contribution in [2.24, 2.45) is 0 Å². The Kier molecular flexibility index (Phi) is 1.78. The lowest BCUT2D eigenvalue weighted by atomic mass is 10.0. The number of thiophene rings is 1. The van der Waals surface area contributed by atoms with E-state index >= 15 is 0 Å². The lowest BCUT2D eigenvalue weighted by Gasteiger charge is -2.04. The van der Waals surface area contributed by atoms with Gasteiger partial charge in [-0.1, -0.05) is 36.4 Å². The summed E-state index contributed by atoms with van der Waals surface area (Å²) >= 11 is 1.81. The van der Waals surface area contributed by atoms with Crippen molar-refractivity contribution in [3.63, 3.8) is 0 Å². The Balaban J connectivity index is 2.24. The van der Waals surface area contributed by atoms with Crippen molar-refractivity contribution in [3.8, 4) is 10.4 Å². The van der Waals surface area contributed by atoms with Crippen LogP contribution in [-0.4, -0.2) is 0 Å². The lowest BCUT2D eigenvalue weighted by Crippen LogP contribution is -1.84. The molecule has 0 nitrogen and oxygen atoms in total. The Labute approximate surface area is 87.5 Å². The van der Waals surface area contributed by atoms with E-state index in [4.69, 9.17) is 0 Å². The molecule has 1 aromatic heterocycles. The SMILES string of the molecule is C1=Cc2c(cccc2-c2cccs2)C1. The van der Waals surface area contributed by atoms with E-state index in [2.05, 4.69) is 47.9 Å². The molecule has 0 saturated heterocycles. The predicted octanol–water partition coefficient (Wildman–Crippen LogP) is 3.98. The van der Waals surface area contributed by atoms with Crippen molar-refractivity contribution in [2.75, 3.05) is 0 Å². The van der Waals surface area contributed by atoms with Gasteiger partial charge in [0.2, 0.25) is 0 Å². The van der Waals surface area contributed by atoms with Gasteiger partial charge in [-0.25, -0.2) is 0 Å². The van der Waals surface area contributed by atoms with Gasteiger partial charge < -0.3 is 0 Å². The number of benzene rings is 1. The van der Waals surface area contributed by atoms with Gasteiger partial charge >= 0.3 is 0 Å². The molecule has 0 fully saturated rings. The van der Waals surface area contributed by atoms with Crippen LogP contribution < -0.4 is 0 Å². The highest BCUT2D eigenvalue weighted by molar-refractivity contribution is 7.13. The lowest BCUT2D eigenvalue weighted by molar-refractivity contribution is 1.31. The van der Waals surface area contributed by atoms with Gasteiger partial charge in [-0.3, -0.25) is 0 Å². The van der Waals surface area contributed by atoms with Gasteiger partial charge in [0.15, 0.2) is 0 Å². The normalized spacial score (nSPS) is 13.1. The molecule has 0 N–H and O–H groups in total. The van der Waals surface area contributed by atoms with Crippen LogP contribution >= 0.6 is 11.3 Å². The quantitative estimate of drug-likeness (QED) is 0.650. The summed E-state index contributed by atoms with van der Waals surface area (Å²) in [6, 6.07) is 10.9. The number of hydrogen-bond acceptors (Lipinski definition) is 1. The zero-order valence-corrected chi connectivity index (χ0v) is 8.55. The van der Waals surface area contributed by atoms with Crippen LogP contribution in [0.5, 0.6) is 0 Å². The third-order valence-corrected chi connectivity index (χ3v) is 3.51. The van der Waals surface area contributed by atoms with E-state index in [1.807, 2.05) is 11.3 Å². The van der Waals surface area contributed by atoms with Gasteiger partial charge in [0.25, 0.3) is 0 Å². The molecular weight excluding hydrogens is 188 g/mol. The van der Waals surface area contributed by atoms with E-state index < -0.39 is 0 Å². The fraction of sp³-hybridized carbons (Fsp3) is 0.0769. The van der Waals surface area contributed by atoms with Gasteiger partial charge in [-0.2, -0.15) is 0 Å². The largest absolute Gasteiger partial charge is 0.144 e. The molecule has 0 amide bonds. The second kappa shape index (κ2) is 3.10. The minimum atomic E-state index is 1.09. The first kappa shape index (κ1) is 8.01. The van der Waals surface area contributed by atoms with Crippen molar-refractivity contribution in [1.82, 2.24) is 0 Å². The molecule has 1 aliphatic carbocycles. The Bertz CT molecular complexity index is 478. The molecule has 0 saturated carbocycles. The molecule has 14 heavy (non-hydrogen) atoms. The molecule has 0 atom stereocenters. The second-order valence-corrected chi connectivity index (χ2v) is 4.41. The first-order chi connectivity index (χ1) is 6.95. The fourth-order valence-electron chi connectivity index (χ4n) is 1.94. The Morgan fingerprint density at radius 3 is 2.93 bits per heavy atom. The third-order valence-electron chi connectivity index (χ3n) is 2.61. The Morgan fingerprint density at radius 2 is 2.07 bits per heavy atom. The highest BCUT2D eigenvalue weighted by atomic mass is 32.1. The van der Waals surface area contributed by atoms with Crippen LogP contribution in [0.15, 0.2) is 41.8 Å². The van der Waals surface area contributed by atoms with Crippen molar-refractivity contribution < 1.29 is 0 Å². The summed E-state index contributed by atoms with van der Waals surface area (Å²) in [7, 11) is 0. The standard InChI is InChI=1S/C13H10S/c1-4-10-5-2-7-12(11(10)6-1)13-8-3-9-14-13/h1-3,5-9H,4H2. The number of rotatable bonds is 1. The molecule has 1 heterocycles. The molecule has 0 radical (unpaired) electrons. The summed E-state index contributed by atoms with van der Waals surface area (Å²) in [6.07, 6.45) is 5.57. The molecular formula is C13H10S. The van der Waals surface area contributed by atoms with E-state index in [1.54, 1.807) is 0 Å². The van der Waals surface area contributed by atoms with Gasteiger partial charge in [0, 0.05) is 4.88 Å². The average Bonchev–Trinajstić information content (AvgIpc) is 2.88. The maximum atomic E-state index is 2.24. The minimum Gasteiger partial charge on any atom is -0.144 e. The van der Waals surface area contributed by atoms with Crippen LogP contribution in [0, 0.1) is 0 Å². The summed E-state index contributed by atoms with van der Waals surface area (Å²) in [5.74, 6) is 0. The van der Waals surface area contributed by atoms with E-state index in [0.29, 0.717) is 0 Å². The number of hydrogen-bond donors (Lipinski definition) is 0. The van der Waals surface area contributed by atoms with Crippen molar-refractivity contribution in [2.45, 2.75) is 6.42 Å². The molecule has 0 spiro atoms. The second-order valence-electron chi connectivity index (χ2n) is 3.46. The van der Waals surface area contributed by atoms with Crippen molar-refractivity contribution in [3.05, 3.63) is 52.9 Å². The van der Waals surface area contributed by atoms with Gasteiger partial charge in [0.1, 0.15) is 0 Å². The van der Waals surface area contributed by atoms with Gasteiger partial charge in [-0.05, 0) is 34.6 Å². The van der Waals surface area contributed by atoms with Crippen LogP contribution in [0.25, 0.3) is 16.5 Å². The zero-order valence-electron chi connectivity index (χ0n) is 7.73. The molecule has 68 valence electrons. The van der Waals surface area contributed by atoms with E-state index in [0.717, 1.165) is 6.42 Å². The Morgan fingerprint density at radius 1 is 1.07 bits per heavy atom. The van der Waals surface area contributed by atoms with Crippen molar-refractivity contribution in [1.29, 1.82) is 0 Å². The Hall–Kier alpha value is -1.34. The smallest absolute Gasteiger partial charge is 0.0348 e. The molecule has 0 aliphatic heterocycles. The molecule has 2 aromatic rings. The molecule has 0 bridgehead atoms. The fourth-order valence-corrected chi connectivity index (χ4v) is 2.70. The van der Waals surface area contributed by atoms with Gasteiger partial charge in [-0.15, -0.1) is 11.3 Å². The monoisotopic (exact) mass is 198 g/mol. The summed E-state index contributed by atoms with van der Waals surface area (Å²) in [4.78, 5) is 1.37. The third kappa shape index (κ3) is 1.13. The summed E-state index contributed by atoms with van der Waals surface area (Å²) in [5.41, 5.74) is 4.25. The molecule has 0 unspecified atom stereocenters. The van der Waals surface area contributed by atoms with Gasteiger partial charge in [0.05, 0.1) is 0 Å². The zero-order chi connectivity index (χ0) is 9.38. The molecule has 3 rings (SSSR count). The minimum absolute atomic E-state index is 1.09. The maximum Gasteiger partial charge on any atom is 0.0348 e. The number of allylic oxidation sites excluding steroid dienone is 1. The van der Waals surface area contributed by atoms with Crippen LogP contribution in [-0.2, 0) is 6.42 Å². The van der Waals surface area contributed by atoms with Crippen LogP contribution in [0.1, 0.15) is 11.1 Å². The molecule has 1 aromatic carbocycles. The first-order valence-corrected chi connectivity index (χ1v) is 5.65. The molecule has 1 heteroatoms. The summed E-state index contributed by atoms with van der Waals surface area (Å²) in [6.45, 7) is 0. The topological polar surface area (TPSA) is 0 Å². The van der Waals surface area contributed by atoms with E-state index in [-0.39, 0.29) is 0 Å².